The number of aryl methyl sites for hydroxylation is 1. The number of thiocarbonyl (C=S) groups is 1. The van der Waals surface area contributed by atoms with Gasteiger partial charge in [-0.3, -0.25) is 9.69 Å². The Labute approximate surface area is 193 Å². The van der Waals surface area contributed by atoms with Crippen LogP contribution >= 0.6 is 12.2 Å². The Morgan fingerprint density at radius 3 is 2.72 bits per heavy atom. The van der Waals surface area contributed by atoms with Crippen LogP contribution in [0.25, 0.3) is 0 Å². The molecule has 1 N–H and O–H groups in total. The summed E-state index contributed by atoms with van der Waals surface area (Å²) < 4.78 is 37.6. The minimum Gasteiger partial charge on any atom is -0.382 e. The first-order valence-corrected chi connectivity index (χ1v) is 11.9. The molecule has 1 aromatic rings. The molecule has 2 fully saturated rings. The second kappa shape index (κ2) is 9.31. The van der Waals surface area contributed by atoms with Crippen molar-refractivity contribution in [2.45, 2.75) is 69.9 Å². The lowest BCUT2D eigenvalue weighted by atomic mass is 9.61. The summed E-state index contributed by atoms with van der Waals surface area (Å²) in [7, 11) is 1.72. The Bertz CT molecular complexity index is 873. The Morgan fingerprint density at radius 2 is 2.06 bits per heavy atom. The van der Waals surface area contributed by atoms with Gasteiger partial charge in [0.1, 0.15) is 0 Å². The van der Waals surface area contributed by atoms with Crippen LogP contribution in [-0.4, -0.2) is 55.3 Å². The van der Waals surface area contributed by atoms with Crippen LogP contribution in [0.15, 0.2) is 18.2 Å². The van der Waals surface area contributed by atoms with Crippen molar-refractivity contribution in [3.05, 3.63) is 34.9 Å². The standard InChI is InChI=1S/C24H32F2N2O3S/c1-3-31-12-4-5-16-6-7-17-14-23(10-8-18(30-2)9-11-23)24(19(17)13-16)21(29)28(15-20(25)26)22(32)27-24/h6-7,13,18,20H,3-5,8-12,14-15H2,1-2H3,(H,27,32). The van der Waals surface area contributed by atoms with Crippen molar-refractivity contribution in [3.8, 4) is 0 Å². The Balaban J connectivity index is 1.72. The average Bonchev–Trinajstić information content (AvgIpc) is 3.18. The van der Waals surface area contributed by atoms with Crippen molar-refractivity contribution in [1.82, 2.24) is 10.2 Å². The van der Waals surface area contributed by atoms with Gasteiger partial charge >= 0.3 is 0 Å². The van der Waals surface area contributed by atoms with E-state index in [1.54, 1.807) is 7.11 Å². The number of nitrogens with zero attached hydrogens (tertiary/aromatic N) is 1. The van der Waals surface area contributed by atoms with Crippen molar-refractivity contribution in [2.24, 2.45) is 5.41 Å². The number of alkyl halides is 2. The molecule has 1 atom stereocenters. The van der Waals surface area contributed by atoms with E-state index in [0.29, 0.717) is 13.2 Å². The summed E-state index contributed by atoms with van der Waals surface area (Å²) in [4.78, 5) is 14.9. The van der Waals surface area contributed by atoms with Gasteiger partial charge in [-0.25, -0.2) is 8.78 Å². The number of ether oxygens (including phenoxy) is 2. The first kappa shape index (κ1) is 23.5. The lowest BCUT2D eigenvalue weighted by molar-refractivity contribution is -0.139. The number of benzene rings is 1. The number of hydrogen-bond acceptors (Lipinski definition) is 4. The van der Waals surface area contributed by atoms with Gasteiger partial charge in [0.05, 0.1) is 12.6 Å². The SMILES string of the molecule is CCOCCCc1ccc2c(c1)C1(NC(=S)N(CC(F)F)C1=O)C1(CCC(OC)CC1)C2. The topological polar surface area (TPSA) is 50.8 Å². The minimum absolute atomic E-state index is 0.109. The number of fused-ring (bicyclic) bond motifs is 3. The molecule has 1 saturated heterocycles. The lowest BCUT2D eigenvalue weighted by Crippen LogP contribution is -2.57. The zero-order valence-corrected chi connectivity index (χ0v) is 19.6. The van der Waals surface area contributed by atoms with Crippen LogP contribution in [0.2, 0.25) is 0 Å². The minimum atomic E-state index is -2.64. The first-order chi connectivity index (χ1) is 15.4. The fourth-order valence-electron chi connectivity index (χ4n) is 5.94. The quantitative estimate of drug-likeness (QED) is 0.464. The summed E-state index contributed by atoms with van der Waals surface area (Å²) in [6.07, 6.45) is 3.22. The van der Waals surface area contributed by atoms with E-state index < -0.39 is 23.9 Å². The van der Waals surface area contributed by atoms with Crippen molar-refractivity contribution in [2.75, 3.05) is 26.9 Å². The van der Waals surface area contributed by atoms with E-state index >= 15 is 0 Å². The number of rotatable bonds is 8. The van der Waals surface area contributed by atoms with Crippen LogP contribution < -0.4 is 5.32 Å². The van der Waals surface area contributed by atoms with Gasteiger partial charge in [-0.1, -0.05) is 18.2 Å². The monoisotopic (exact) mass is 466 g/mol. The molecule has 1 amide bonds. The molecule has 2 aliphatic carbocycles. The van der Waals surface area contributed by atoms with Gasteiger partial charge in [-0.15, -0.1) is 0 Å². The van der Waals surface area contributed by atoms with Crippen LogP contribution in [0.5, 0.6) is 0 Å². The highest BCUT2D eigenvalue weighted by molar-refractivity contribution is 7.80. The van der Waals surface area contributed by atoms with Crippen LogP contribution in [0.3, 0.4) is 0 Å². The van der Waals surface area contributed by atoms with Crippen molar-refractivity contribution >= 4 is 23.2 Å². The number of methoxy groups -OCH3 is 1. The second-order valence-corrected chi connectivity index (χ2v) is 9.56. The van der Waals surface area contributed by atoms with Crippen LogP contribution in [0, 0.1) is 5.41 Å². The summed E-state index contributed by atoms with van der Waals surface area (Å²) in [6.45, 7) is 2.67. The largest absolute Gasteiger partial charge is 0.382 e. The van der Waals surface area contributed by atoms with Gasteiger partial charge in [0.2, 0.25) is 0 Å². The number of carbonyl (C=O) groups is 1. The molecule has 3 aliphatic rings. The van der Waals surface area contributed by atoms with Gasteiger partial charge in [-0.2, -0.15) is 0 Å². The zero-order chi connectivity index (χ0) is 22.9. The molecule has 0 bridgehead atoms. The van der Waals surface area contributed by atoms with Gasteiger partial charge in [-0.05, 0) is 80.8 Å². The van der Waals surface area contributed by atoms with Crippen molar-refractivity contribution < 1.29 is 23.0 Å². The van der Waals surface area contributed by atoms with E-state index in [2.05, 4.69) is 23.5 Å². The zero-order valence-electron chi connectivity index (χ0n) is 18.8. The molecule has 1 aromatic carbocycles. The molecule has 1 heterocycles. The molecule has 32 heavy (non-hydrogen) atoms. The Kier molecular flexibility index (Phi) is 6.84. The Morgan fingerprint density at radius 1 is 1.31 bits per heavy atom. The number of carbonyl (C=O) groups excluding carboxylic acids is 1. The van der Waals surface area contributed by atoms with Gasteiger partial charge in [0, 0.05) is 25.7 Å². The normalized spacial score (nSPS) is 29.4. The van der Waals surface area contributed by atoms with Crippen LogP contribution in [0.1, 0.15) is 55.7 Å². The molecular weight excluding hydrogens is 434 g/mol. The maximum atomic E-state index is 13.9. The van der Waals surface area contributed by atoms with E-state index in [0.717, 1.165) is 66.5 Å². The second-order valence-electron chi connectivity index (χ2n) is 9.17. The van der Waals surface area contributed by atoms with E-state index in [4.69, 9.17) is 21.7 Å². The molecule has 8 heteroatoms. The van der Waals surface area contributed by atoms with Crippen LogP contribution in [0.4, 0.5) is 8.78 Å². The maximum absolute atomic E-state index is 13.9. The highest BCUT2D eigenvalue weighted by Gasteiger charge is 2.67. The molecule has 0 radical (unpaired) electrons. The third kappa shape index (κ3) is 3.84. The highest BCUT2D eigenvalue weighted by Crippen LogP contribution is 2.60. The van der Waals surface area contributed by atoms with Crippen molar-refractivity contribution in [3.63, 3.8) is 0 Å². The molecule has 2 spiro atoms. The first-order valence-electron chi connectivity index (χ1n) is 11.5. The number of hydrogen-bond donors (Lipinski definition) is 1. The average molecular weight is 467 g/mol. The number of amides is 1. The summed E-state index contributed by atoms with van der Waals surface area (Å²) in [5, 5.41) is 3.41. The molecule has 1 unspecified atom stereocenters. The van der Waals surface area contributed by atoms with Gasteiger partial charge in [0.25, 0.3) is 12.3 Å². The third-order valence-electron chi connectivity index (χ3n) is 7.51. The summed E-state index contributed by atoms with van der Waals surface area (Å²) >= 11 is 5.42. The lowest BCUT2D eigenvalue weighted by Gasteiger charge is -2.46. The molecular formula is C24H32F2N2O3S. The van der Waals surface area contributed by atoms with E-state index in [1.165, 1.54) is 0 Å². The van der Waals surface area contributed by atoms with Gasteiger partial charge < -0.3 is 14.8 Å². The molecule has 1 saturated carbocycles. The molecule has 0 aromatic heterocycles. The highest BCUT2D eigenvalue weighted by atomic mass is 32.1. The molecule has 1 aliphatic heterocycles. The van der Waals surface area contributed by atoms with Crippen molar-refractivity contribution in [1.29, 1.82) is 0 Å². The Hall–Kier alpha value is -1.64. The smallest absolute Gasteiger partial charge is 0.259 e. The molecule has 4 rings (SSSR count). The van der Waals surface area contributed by atoms with Gasteiger partial charge in [0.15, 0.2) is 10.7 Å². The summed E-state index contributed by atoms with van der Waals surface area (Å²) in [6, 6.07) is 6.32. The summed E-state index contributed by atoms with van der Waals surface area (Å²) in [5.41, 5.74) is 1.66. The van der Waals surface area contributed by atoms with E-state index in [1.807, 2.05) is 6.92 Å². The fourth-order valence-corrected chi connectivity index (χ4v) is 6.25. The predicted molar refractivity (Wildman–Crippen MR) is 122 cm³/mol. The number of halogens is 2. The fraction of sp³-hybridized carbons (Fsp3) is 0.667. The molecule has 5 nitrogen and oxygen atoms in total. The number of nitrogens with one attached hydrogen (secondary N) is 1. The molecule has 176 valence electrons. The third-order valence-corrected chi connectivity index (χ3v) is 7.83. The van der Waals surface area contributed by atoms with E-state index in [-0.39, 0.29) is 17.1 Å². The summed E-state index contributed by atoms with van der Waals surface area (Å²) in [5.74, 6) is -0.330. The van der Waals surface area contributed by atoms with Crippen LogP contribution in [-0.2, 0) is 32.6 Å². The maximum Gasteiger partial charge on any atom is 0.259 e. The predicted octanol–water partition coefficient (Wildman–Crippen LogP) is 3.96. The van der Waals surface area contributed by atoms with E-state index in [9.17, 15) is 13.6 Å².